The average molecular weight is 225 g/mol. The van der Waals surface area contributed by atoms with E-state index in [9.17, 15) is 4.79 Å². The van der Waals surface area contributed by atoms with E-state index in [0.29, 0.717) is 25.6 Å². The Morgan fingerprint density at radius 1 is 1.42 bits per heavy atom. The third kappa shape index (κ3) is 1.33. The molecule has 1 aromatic carbocycles. The van der Waals surface area contributed by atoms with E-state index < -0.39 is 0 Å². The zero-order chi connectivity index (χ0) is 8.55. The number of carbonyl (C=O) groups is 1. The van der Waals surface area contributed by atoms with E-state index in [-0.39, 0.29) is 0 Å². The number of ketones is 1. The Bertz CT molecular complexity index is 319. The zero-order valence-corrected chi connectivity index (χ0v) is 8.62. The third-order valence-corrected chi connectivity index (χ3v) is 4.46. The Morgan fingerprint density at radius 2 is 2.17 bits per heavy atom. The van der Waals surface area contributed by atoms with Gasteiger partial charge in [0.05, 0.1) is 0 Å². The van der Waals surface area contributed by atoms with Crippen LogP contribution in [0.2, 0.25) is 4.82 Å². The van der Waals surface area contributed by atoms with Crippen LogP contribution in [0.15, 0.2) is 24.3 Å². The van der Waals surface area contributed by atoms with Crippen molar-refractivity contribution < 1.29 is 4.79 Å². The van der Waals surface area contributed by atoms with Gasteiger partial charge in [-0.15, -0.1) is 0 Å². The quantitative estimate of drug-likeness (QED) is 0.610. The molecule has 0 aliphatic carbocycles. The first-order valence-corrected chi connectivity index (χ1v) is 5.91. The van der Waals surface area contributed by atoms with Crippen molar-refractivity contribution in [2.45, 2.75) is 18.2 Å². The summed E-state index contributed by atoms with van der Waals surface area (Å²) in [6.07, 6.45) is 0.747. The van der Waals surface area contributed by atoms with Crippen LogP contribution < -0.4 is 4.46 Å². The minimum absolute atomic E-state index is 0.325. The number of Topliss-reactive ketones (excluding diaryl/α,β-unsaturated/α-hetero) is 1. The van der Waals surface area contributed by atoms with Crippen molar-refractivity contribution in [1.29, 1.82) is 0 Å². The molecule has 1 aliphatic heterocycles. The predicted molar refractivity (Wildman–Crippen MR) is 50.2 cm³/mol. The molecule has 0 amide bonds. The minimum atomic E-state index is 0.325. The Labute approximate surface area is 78.3 Å². The molecule has 62 valence electrons. The monoisotopic (exact) mass is 226 g/mol. The molecule has 0 spiro atoms. The standard InChI is InChI=1S/C10H10OSe/c1-7-6-9(11)8-4-2-3-5-10(8)12-7/h2-5,7H,6H2,1H3. The summed E-state index contributed by atoms with van der Waals surface area (Å²) in [6, 6.07) is 8.00. The van der Waals surface area contributed by atoms with E-state index >= 15 is 0 Å². The van der Waals surface area contributed by atoms with Crippen molar-refractivity contribution >= 4 is 25.2 Å². The summed E-state index contributed by atoms with van der Waals surface area (Å²) in [5, 5.41) is 0. The molecule has 1 aromatic rings. The molecule has 0 N–H and O–H groups in total. The fourth-order valence-electron chi connectivity index (χ4n) is 1.43. The van der Waals surface area contributed by atoms with Gasteiger partial charge in [0, 0.05) is 0 Å². The van der Waals surface area contributed by atoms with Gasteiger partial charge in [-0.25, -0.2) is 0 Å². The summed E-state index contributed by atoms with van der Waals surface area (Å²) in [5.74, 6) is 0.325. The molecule has 2 heteroatoms. The average Bonchev–Trinajstić information content (AvgIpc) is 2.04. The van der Waals surface area contributed by atoms with Crippen molar-refractivity contribution in [1.82, 2.24) is 0 Å². The molecule has 0 aromatic heterocycles. The summed E-state index contributed by atoms with van der Waals surface area (Å²) in [5.41, 5.74) is 0.968. The van der Waals surface area contributed by atoms with Gasteiger partial charge in [0.15, 0.2) is 0 Å². The van der Waals surface area contributed by atoms with Crippen LogP contribution in [-0.4, -0.2) is 20.7 Å². The molecule has 0 fully saturated rings. The maximum atomic E-state index is 11.5. The van der Waals surface area contributed by atoms with Gasteiger partial charge in [0.1, 0.15) is 0 Å². The molecule has 1 atom stereocenters. The molecule has 1 aliphatic rings. The molecular formula is C10H10OSe. The molecule has 0 radical (unpaired) electrons. The number of rotatable bonds is 0. The van der Waals surface area contributed by atoms with Crippen molar-refractivity contribution in [3.8, 4) is 0 Å². The second-order valence-electron chi connectivity index (χ2n) is 3.05. The molecule has 0 saturated heterocycles. The molecule has 0 bridgehead atoms. The summed E-state index contributed by atoms with van der Waals surface area (Å²) >= 11 is 0.504. The number of hydrogen-bond acceptors (Lipinski definition) is 1. The summed E-state index contributed by atoms with van der Waals surface area (Å²) < 4.78 is 1.29. The van der Waals surface area contributed by atoms with Crippen LogP contribution in [0.25, 0.3) is 0 Å². The Hall–Kier alpha value is -0.591. The van der Waals surface area contributed by atoms with Crippen LogP contribution in [0.5, 0.6) is 0 Å². The first-order chi connectivity index (χ1) is 5.77. The Balaban J connectivity index is 2.47. The Morgan fingerprint density at radius 3 is 3.00 bits per heavy atom. The van der Waals surface area contributed by atoms with Gasteiger partial charge in [0.25, 0.3) is 0 Å². The first kappa shape index (κ1) is 8.03. The van der Waals surface area contributed by atoms with Crippen LogP contribution in [0, 0.1) is 0 Å². The van der Waals surface area contributed by atoms with Gasteiger partial charge in [-0.1, -0.05) is 0 Å². The van der Waals surface area contributed by atoms with Crippen LogP contribution in [0.1, 0.15) is 23.7 Å². The van der Waals surface area contributed by atoms with Crippen molar-refractivity contribution in [3.63, 3.8) is 0 Å². The Kier molecular flexibility index (Phi) is 2.03. The zero-order valence-electron chi connectivity index (χ0n) is 6.91. The van der Waals surface area contributed by atoms with Gasteiger partial charge >= 0.3 is 78.0 Å². The van der Waals surface area contributed by atoms with Crippen molar-refractivity contribution in [2.75, 3.05) is 0 Å². The molecule has 2 rings (SSSR count). The molecule has 12 heavy (non-hydrogen) atoms. The second kappa shape index (κ2) is 3.04. The van der Waals surface area contributed by atoms with Crippen LogP contribution in [0.3, 0.4) is 0 Å². The molecule has 1 nitrogen and oxygen atoms in total. The van der Waals surface area contributed by atoms with E-state index in [1.807, 2.05) is 18.2 Å². The summed E-state index contributed by atoms with van der Waals surface area (Å²) in [6.45, 7) is 2.16. The second-order valence-corrected chi connectivity index (χ2v) is 6.16. The molecule has 0 saturated carbocycles. The third-order valence-electron chi connectivity index (χ3n) is 1.99. The van der Waals surface area contributed by atoms with Gasteiger partial charge in [0.2, 0.25) is 0 Å². The molecule has 1 heterocycles. The van der Waals surface area contributed by atoms with E-state index in [2.05, 4.69) is 13.0 Å². The SMILES string of the molecule is CC1CC(=O)c2ccccc2[Se]1. The fourth-order valence-corrected chi connectivity index (χ4v) is 3.81. The van der Waals surface area contributed by atoms with Crippen LogP contribution in [-0.2, 0) is 0 Å². The number of carbonyl (C=O) groups excluding carboxylic acids is 1. The maximum absolute atomic E-state index is 11.5. The first-order valence-electron chi connectivity index (χ1n) is 4.06. The van der Waals surface area contributed by atoms with Gasteiger partial charge in [-0.05, 0) is 0 Å². The van der Waals surface area contributed by atoms with Crippen molar-refractivity contribution in [2.24, 2.45) is 0 Å². The van der Waals surface area contributed by atoms with E-state index in [1.165, 1.54) is 4.46 Å². The number of fused-ring (bicyclic) bond motifs is 1. The fraction of sp³-hybridized carbons (Fsp3) is 0.300. The van der Waals surface area contributed by atoms with E-state index in [1.54, 1.807) is 0 Å². The summed E-state index contributed by atoms with van der Waals surface area (Å²) in [7, 11) is 0. The topological polar surface area (TPSA) is 17.1 Å². The predicted octanol–water partition coefficient (Wildman–Crippen LogP) is 1.41. The molecular weight excluding hydrogens is 215 g/mol. The number of hydrogen-bond donors (Lipinski definition) is 0. The van der Waals surface area contributed by atoms with E-state index in [4.69, 9.17) is 0 Å². The van der Waals surface area contributed by atoms with E-state index in [0.717, 1.165) is 12.0 Å². The van der Waals surface area contributed by atoms with Gasteiger partial charge in [-0.2, -0.15) is 0 Å². The molecule has 1 unspecified atom stereocenters. The van der Waals surface area contributed by atoms with Gasteiger partial charge in [-0.3, -0.25) is 0 Å². The van der Waals surface area contributed by atoms with Crippen molar-refractivity contribution in [3.05, 3.63) is 29.8 Å². The van der Waals surface area contributed by atoms with Crippen LogP contribution >= 0.6 is 0 Å². The number of benzene rings is 1. The van der Waals surface area contributed by atoms with Crippen LogP contribution in [0.4, 0.5) is 0 Å². The van der Waals surface area contributed by atoms with Gasteiger partial charge < -0.3 is 0 Å². The normalized spacial score (nSPS) is 22.1. The summed E-state index contributed by atoms with van der Waals surface area (Å²) in [4.78, 5) is 12.1.